The van der Waals surface area contributed by atoms with Crippen molar-refractivity contribution in [1.29, 1.82) is 0 Å². The Morgan fingerprint density at radius 3 is 2.54 bits per heavy atom. The van der Waals surface area contributed by atoms with Crippen molar-refractivity contribution in [2.24, 2.45) is 16.6 Å². The second-order valence-electron chi connectivity index (χ2n) is 2.68. The second-order valence-corrected chi connectivity index (χ2v) is 2.68. The lowest BCUT2D eigenvalue weighted by molar-refractivity contribution is 0.728. The van der Waals surface area contributed by atoms with Crippen LogP contribution in [0.3, 0.4) is 0 Å². The van der Waals surface area contributed by atoms with E-state index >= 15 is 0 Å². The van der Waals surface area contributed by atoms with Gasteiger partial charge >= 0.3 is 0 Å². The lowest BCUT2D eigenvalue weighted by Crippen LogP contribution is -2.27. The van der Waals surface area contributed by atoms with E-state index in [-0.39, 0.29) is 5.96 Å². The van der Waals surface area contributed by atoms with E-state index in [0.29, 0.717) is 0 Å². The van der Waals surface area contributed by atoms with Crippen molar-refractivity contribution in [2.75, 3.05) is 6.54 Å². The van der Waals surface area contributed by atoms with Crippen LogP contribution in [0.25, 0.3) is 0 Å². The Labute approximate surface area is 77.6 Å². The molecule has 0 aliphatic carbocycles. The van der Waals surface area contributed by atoms with E-state index in [0.717, 1.165) is 13.0 Å². The van der Waals surface area contributed by atoms with E-state index in [2.05, 4.69) is 22.7 Å². The molecule has 0 radical (unpaired) electrons. The highest BCUT2D eigenvalue weighted by molar-refractivity contribution is 5.75. The molecule has 0 aromatic heterocycles. The Kier molecular flexibility index (Phi) is 3.63. The molecule has 5 N–H and O–H groups in total. The third-order valence-corrected chi connectivity index (χ3v) is 1.58. The number of hydrazone groups is 1. The van der Waals surface area contributed by atoms with Gasteiger partial charge < -0.3 is 16.9 Å². The van der Waals surface area contributed by atoms with E-state index in [9.17, 15) is 0 Å². The maximum absolute atomic E-state index is 5.14. The minimum atomic E-state index is 0.0630. The lowest BCUT2D eigenvalue weighted by Gasteiger charge is -2.00. The molecule has 13 heavy (non-hydrogen) atoms. The molecule has 0 bridgehead atoms. The van der Waals surface area contributed by atoms with E-state index in [1.165, 1.54) is 5.56 Å². The molecule has 0 amide bonds. The van der Waals surface area contributed by atoms with Crippen LogP contribution >= 0.6 is 0 Å². The Bertz CT molecular complexity index is 264. The van der Waals surface area contributed by atoms with Crippen LogP contribution in [0.2, 0.25) is 0 Å². The standard InChI is InChI=1S/C9H14N4/c10-9(11)13-12-7-6-8-4-2-1-3-5-8/h1-5,12H,6-7H2,(H4,10,11,13). The number of hydrogen-bond donors (Lipinski definition) is 3. The zero-order valence-electron chi connectivity index (χ0n) is 7.40. The number of guanidine groups is 1. The Morgan fingerprint density at radius 1 is 1.23 bits per heavy atom. The molecule has 0 unspecified atom stereocenters. The van der Waals surface area contributed by atoms with Gasteiger partial charge in [-0.2, -0.15) is 0 Å². The SMILES string of the molecule is NC(N)=NNCCc1ccccc1. The molecule has 4 nitrogen and oxygen atoms in total. The minimum Gasteiger partial charge on any atom is -0.369 e. The van der Waals surface area contributed by atoms with Crippen LogP contribution in [0.4, 0.5) is 0 Å². The summed E-state index contributed by atoms with van der Waals surface area (Å²) in [6.07, 6.45) is 0.914. The maximum Gasteiger partial charge on any atom is 0.208 e. The van der Waals surface area contributed by atoms with Crippen molar-refractivity contribution >= 4 is 5.96 Å². The summed E-state index contributed by atoms with van der Waals surface area (Å²) in [4.78, 5) is 0. The molecule has 0 heterocycles. The maximum atomic E-state index is 5.14. The number of hydrogen-bond acceptors (Lipinski definition) is 2. The van der Waals surface area contributed by atoms with E-state index in [1.807, 2.05) is 18.2 Å². The molecule has 70 valence electrons. The highest BCUT2D eigenvalue weighted by atomic mass is 15.3. The molecule has 1 aromatic carbocycles. The molecule has 1 rings (SSSR count). The Morgan fingerprint density at radius 2 is 1.92 bits per heavy atom. The zero-order valence-corrected chi connectivity index (χ0v) is 7.40. The van der Waals surface area contributed by atoms with Crippen LogP contribution in [0.15, 0.2) is 35.4 Å². The van der Waals surface area contributed by atoms with Gasteiger partial charge in [0, 0.05) is 6.54 Å². The predicted molar refractivity (Wildman–Crippen MR) is 54.0 cm³/mol. The molecule has 4 heteroatoms. The summed E-state index contributed by atoms with van der Waals surface area (Å²) in [5.41, 5.74) is 14.3. The third-order valence-electron chi connectivity index (χ3n) is 1.58. The summed E-state index contributed by atoms with van der Waals surface area (Å²) < 4.78 is 0. The Hall–Kier alpha value is -1.71. The van der Waals surface area contributed by atoms with Gasteiger partial charge in [0.15, 0.2) is 0 Å². The normalized spacial score (nSPS) is 9.23. The molecule has 1 aromatic rings. The van der Waals surface area contributed by atoms with Crippen LogP contribution in [0.5, 0.6) is 0 Å². The van der Waals surface area contributed by atoms with Crippen molar-refractivity contribution in [3.8, 4) is 0 Å². The largest absolute Gasteiger partial charge is 0.369 e. The first-order chi connectivity index (χ1) is 6.29. The third kappa shape index (κ3) is 4.00. The van der Waals surface area contributed by atoms with Crippen LogP contribution in [-0.4, -0.2) is 12.5 Å². The summed E-state index contributed by atoms with van der Waals surface area (Å²) in [5, 5.41) is 3.66. The van der Waals surface area contributed by atoms with Crippen molar-refractivity contribution in [2.45, 2.75) is 6.42 Å². The summed E-state index contributed by atoms with van der Waals surface area (Å²) in [7, 11) is 0. The monoisotopic (exact) mass is 178 g/mol. The van der Waals surface area contributed by atoms with Crippen molar-refractivity contribution in [1.82, 2.24) is 5.43 Å². The highest BCUT2D eigenvalue weighted by Crippen LogP contribution is 1.97. The van der Waals surface area contributed by atoms with Gasteiger partial charge in [0.25, 0.3) is 0 Å². The number of rotatable bonds is 4. The van der Waals surface area contributed by atoms with Gasteiger partial charge in [-0.05, 0) is 12.0 Å². The average Bonchev–Trinajstić information content (AvgIpc) is 2.14. The first-order valence-electron chi connectivity index (χ1n) is 4.14. The molecule has 0 saturated carbocycles. The minimum absolute atomic E-state index is 0.0630. The highest BCUT2D eigenvalue weighted by Gasteiger charge is 1.89. The summed E-state index contributed by atoms with van der Waals surface area (Å²) in [5.74, 6) is 0.0630. The number of nitrogens with two attached hydrogens (primary N) is 2. The molecule has 0 aliphatic heterocycles. The number of nitrogens with one attached hydrogen (secondary N) is 1. The molecule has 0 fully saturated rings. The van der Waals surface area contributed by atoms with Crippen molar-refractivity contribution in [3.63, 3.8) is 0 Å². The van der Waals surface area contributed by atoms with Crippen molar-refractivity contribution < 1.29 is 0 Å². The topological polar surface area (TPSA) is 76.4 Å². The van der Waals surface area contributed by atoms with Gasteiger partial charge in [0.05, 0.1) is 0 Å². The van der Waals surface area contributed by atoms with Gasteiger partial charge in [-0.15, -0.1) is 5.10 Å². The summed E-state index contributed by atoms with van der Waals surface area (Å²) >= 11 is 0. The van der Waals surface area contributed by atoms with E-state index in [4.69, 9.17) is 11.5 Å². The molecular weight excluding hydrogens is 164 g/mol. The fourth-order valence-electron chi connectivity index (χ4n) is 0.992. The van der Waals surface area contributed by atoms with E-state index in [1.54, 1.807) is 0 Å². The van der Waals surface area contributed by atoms with Crippen LogP contribution in [0, 0.1) is 0 Å². The molecule has 0 saturated heterocycles. The number of benzene rings is 1. The first kappa shape index (κ1) is 9.38. The average molecular weight is 178 g/mol. The molecule has 0 aliphatic rings. The fourth-order valence-corrected chi connectivity index (χ4v) is 0.992. The van der Waals surface area contributed by atoms with Gasteiger partial charge in [-0.3, -0.25) is 0 Å². The molecule has 0 atom stereocenters. The smallest absolute Gasteiger partial charge is 0.208 e. The lowest BCUT2D eigenvalue weighted by atomic mass is 10.2. The first-order valence-corrected chi connectivity index (χ1v) is 4.14. The van der Waals surface area contributed by atoms with Gasteiger partial charge in [-0.1, -0.05) is 30.3 Å². The van der Waals surface area contributed by atoms with Gasteiger partial charge in [0.1, 0.15) is 0 Å². The predicted octanol–water partition coefficient (Wildman–Crippen LogP) is 0.00710. The van der Waals surface area contributed by atoms with Crippen molar-refractivity contribution in [3.05, 3.63) is 35.9 Å². The summed E-state index contributed by atoms with van der Waals surface area (Å²) in [6, 6.07) is 10.1. The molecular formula is C9H14N4. The zero-order chi connectivity index (χ0) is 9.52. The summed E-state index contributed by atoms with van der Waals surface area (Å²) in [6.45, 7) is 0.738. The van der Waals surface area contributed by atoms with Crippen LogP contribution in [-0.2, 0) is 6.42 Å². The second kappa shape index (κ2) is 5.03. The van der Waals surface area contributed by atoms with Gasteiger partial charge in [0.2, 0.25) is 5.96 Å². The fraction of sp³-hybridized carbons (Fsp3) is 0.222. The quantitative estimate of drug-likeness (QED) is 0.263. The Balaban J connectivity index is 2.25. The number of nitrogens with zero attached hydrogens (tertiary/aromatic N) is 1. The molecule has 0 spiro atoms. The van der Waals surface area contributed by atoms with Crippen LogP contribution in [0.1, 0.15) is 5.56 Å². The van der Waals surface area contributed by atoms with Crippen LogP contribution < -0.4 is 16.9 Å². The van der Waals surface area contributed by atoms with E-state index < -0.39 is 0 Å². The van der Waals surface area contributed by atoms with Gasteiger partial charge in [-0.25, -0.2) is 0 Å².